The lowest BCUT2D eigenvalue weighted by molar-refractivity contribution is -0.152. The highest BCUT2D eigenvalue weighted by Crippen LogP contribution is 1.97. The van der Waals surface area contributed by atoms with Crippen LogP contribution in [0, 0.1) is 0 Å². The molecule has 0 aromatic rings. The van der Waals surface area contributed by atoms with E-state index in [2.05, 4.69) is 4.74 Å². The number of ether oxygens (including phenoxy) is 1. The summed E-state index contributed by atoms with van der Waals surface area (Å²) < 4.78 is 4.53. The van der Waals surface area contributed by atoms with Crippen molar-refractivity contribution in [1.82, 2.24) is 0 Å². The number of hydrogen-bond donors (Lipinski definition) is 0. The Kier molecular flexibility index (Phi) is 4.10. The second kappa shape index (κ2) is 4.60. The van der Waals surface area contributed by atoms with Crippen molar-refractivity contribution < 1.29 is 19.1 Å². The van der Waals surface area contributed by atoms with Gasteiger partial charge in [0.1, 0.15) is 6.29 Å². The Morgan fingerprint density at radius 3 is 2.27 bits per heavy atom. The zero-order valence-corrected chi connectivity index (χ0v) is 6.49. The molecule has 11 heavy (non-hydrogen) atoms. The van der Waals surface area contributed by atoms with Crippen molar-refractivity contribution in [2.24, 2.45) is 0 Å². The Balaban J connectivity index is 3.99. The summed E-state index contributed by atoms with van der Waals surface area (Å²) in [6, 6.07) is 0. The standard InChI is InChI=1S/C7H10O4/c1-5(9)7(3-4-8)11-6(2)10/h4,7H,3H2,1-2H3/t7-/m0/s1. The second-order valence-electron chi connectivity index (χ2n) is 2.11. The number of hydrogen-bond acceptors (Lipinski definition) is 4. The third-order valence-corrected chi connectivity index (χ3v) is 1.07. The smallest absolute Gasteiger partial charge is 0.303 e. The molecular weight excluding hydrogens is 148 g/mol. The van der Waals surface area contributed by atoms with E-state index in [0.717, 1.165) is 0 Å². The highest BCUT2D eigenvalue weighted by Gasteiger charge is 2.15. The Labute approximate surface area is 64.5 Å². The summed E-state index contributed by atoms with van der Waals surface area (Å²) in [4.78, 5) is 30.9. The molecule has 0 aliphatic carbocycles. The number of carbonyl (C=O) groups is 3. The predicted molar refractivity (Wildman–Crippen MR) is 36.9 cm³/mol. The van der Waals surface area contributed by atoms with Crippen LogP contribution in [0.5, 0.6) is 0 Å². The number of aldehydes is 1. The molecule has 0 rings (SSSR count). The van der Waals surface area contributed by atoms with Gasteiger partial charge in [0.2, 0.25) is 0 Å². The summed E-state index contributed by atoms with van der Waals surface area (Å²) in [6.45, 7) is 2.47. The summed E-state index contributed by atoms with van der Waals surface area (Å²) in [5, 5.41) is 0. The van der Waals surface area contributed by atoms with Crippen molar-refractivity contribution in [2.45, 2.75) is 26.4 Å². The monoisotopic (exact) mass is 158 g/mol. The van der Waals surface area contributed by atoms with Crippen molar-refractivity contribution in [2.75, 3.05) is 0 Å². The molecule has 0 saturated heterocycles. The van der Waals surface area contributed by atoms with Crippen LogP contribution in [0.3, 0.4) is 0 Å². The van der Waals surface area contributed by atoms with Gasteiger partial charge in [0.15, 0.2) is 11.9 Å². The van der Waals surface area contributed by atoms with Crippen LogP contribution < -0.4 is 0 Å². The normalized spacial score (nSPS) is 11.8. The van der Waals surface area contributed by atoms with E-state index >= 15 is 0 Å². The van der Waals surface area contributed by atoms with Crippen molar-refractivity contribution >= 4 is 18.0 Å². The van der Waals surface area contributed by atoms with Crippen molar-refractivity contribution in [3.8, 4) is 0 Å². The molecule has 0 aromatic carbocycles. The van der Waals surface area contributed by atoms with Gasteiger partial charge in [-0.15, -0.1) is 0 Å². The van der Waals surface area contributed by atoms with Gasteiger partial charge < -0.3 is 9.53 Å². The SMILES string of the molecule is CC(=O)O[C@@H](CC=O)C(C)=O. The van der Waals surface area contributed by atoms with E-state index < -0.39 is 12.1 Å². The van der Waals surface area contributed by atoms with E-state index in [4.69, 9.17) is 0 Å². The van der Waals surface area contributed by atoms with Gasteiger partial charge in [-0.05, 0) is 6.92 Å². The van der Waals surface area contributed by atoms with Gasteiger partial charge >= 0.3 is 5.97 Å². The number of ketones is 1. The fourth-order valence-electron chi connectivity index (χ4n) is 0.585. The third-order valence-electron chi connectivity index (χ3n) is 1.07. The molecule has 0 saturated carbocycles. The first-order valence-electron chi connectivity index (χ1n) is 3.19. The number of Topliss-reactive ketones (excluding diaryl/α,β-unsaturated/α-hetero) is 1. The summed E-state index contributed by atoms with van der Waals surface area (Å²) in [5.41, 5.74) is 0. The molecule has 1 atom stereocenters. The lowest BCUT2D eigenvalue weighted by atomic mass is 10.2. The Morgan fingerprint density at radius 2 is 2.00 bits per heavy atom. The molecule has 0 N–H and O–H groups in total. The zero-order valence-electron chi connectivity index (χ0n) is 6.49. The first kappa shape index (κ1) is 9.81. The molecule has 0 aromatic heterocycles. The second-order valence-corrected chi connectivity index (χ2v) is 2.11. The number of rotatable bonds is 4. The topological polar surface area (TPSA) is 60.4 Å². The first-order valence-corrected chi connectivity index (χ1v) is 3.19. The molecule has 4 heteroatoms. The molecule has 0 aliphatic heterocycles. The molecule has 0 aliphatic rings. The van der Waals surface area contributed by atoms with Gasteiger partial charge in [0, 0.05) is 13.3 Å². The molecule has 0 fully saturated rings. The Hall–Kier alpha value is -1.19. The van der Waals surface area contributed by atoms with Crippen LogP contribution >= 0.6 is 0 Å². The minimum atomic E-state index is -0.898. The van der Waals surface area contributed by atoms with Crippen LogP contribution in [-0.2, 0) is 19.1 Å². The maximum absolute atomic E-state index is 10.6. The molecule has 62 valence electrons. The molecule has 0 spiro atoms. The van der Waals surface area contributed by atoms with Gasteiger partial charge in [-0.25, -0.2) is 0 Å². The molecule has 0 radical (unpaired) electrons. The van der Waals surface area contributed by atoms with E-state index in [9.17, 15) is 14.4 Å². The van der Waals surface area contributed by atoms with Crippen LogP contribution in [0.4, 0.5) is 0 Å². The molecule has 0 heterocycles. The first-order chi connectivity index (χ1) is 5.07. The summed E-state index contributed by atoms with van der Waals surface area (Å²) in [6.07, 6.45) is -0.408. The van der Waals surface area contributed by atoms with E-state index in [1.807, 2.05) is 0 Å². The number of carbonyl (C=O) groups excluding carboxylic acids is 3. The van der Waals surface area contributed by atoms with Gasteiger partial charge in [-0.1, -0.05) is 0 Å². The van der Waals surface area contributed by atoms with Crippen LogP contribution in [-0.4, -0.2) is 24.1 Å². The molecule has 0 bridgehead atoms. The van der Waals surface area contributed by atoms with Crippen molar-refractivity contribution in [3.63, 3.8) is 0 Å². The average molecular weight is 158 g/mol. The summed E-state index contributed by atoms with van der Waals surface area (Å²) in [5.74, 6) is -0.862. The van der Waals surface area contributed by atoms with Crippen LogP contribution in [0.1, 0.15) is 20.3 Å². The summed E-state index contributed by atoms with van der Waals surface area (Å²) in [7, 11) is 0. The van der Waals surface area contributed by atoms with Crippen molar-refractivity contribution in [3.05, 3.63) is 0 Å². The minimum Gasteiger partial charge on any atom is -0.454 e. The van der Waals surface area contributed by atoms with Gasteiger partial charge in [-0.3, -0.25) is 9.59 Å². The molecule has 0 unspecified atom stereocenters. The fourth-order valence-corrected chi connectivity index (χ4v) is 0.585. The summed E-state index contributed by atoms with van der Waals surface area (Å²) >= 11 is 0. The number of esters is 1. The van der Waals surface area contributed by atoms with Crippen LogP contribution in [0.15, 0.2) is 0 Å². The van der Waals surface area contributed by atoms with E-state index in [1.54, 1.807) is 0 Å². The quantitative estimate of drug-likeness (QED) is 0.430. The van der Waals surface area contributed by atoms with Gasteiger partial charge in [-0.2, -0.15) is 0 Å². The Morgan fingerprint density at radius 1 is 1.45 bits per heavy atom. The van der Waals surface area contributed by atoms with Crippen molar-refractivity contribution in [1.29, 1.82) is 0 Å². The van der Waals surface area contributed by atoms with E-state index in [1.165, 1.54) is 13.8 Å². The largest absolute Gasteiger partial charge is 0.454 e. The van der Waals surface area contributed by atoms with Crippen LogP contribution in [0.25, 0.3) is 0 Å². The van der Waals surface area contributed by atoms with E-state index in [0.29, 0.717) is 6.29 Å². The van der Waals surface area contributed by atoms with Gasteiger partial charge in [0.05, 0.1) is 0 Å². The maximum Gasteiger partial charge on any atom is 0.303 e. The fraction of sp³-hybridized carbons (Fsp3) is 0.571. The highest BCUT2D eigenvalue weighted by molar-refractivity contribution is 5.85. The third kappa shape index (κ3) is 4.25. The lowest BCUT2D eigenvalue weighted by Crippen LogP contribution is -2.24. The van der Waals surface area contributed by atoms with E-state index in [-0.39, 0.29) is 12.2 Å². The highest BCUT2D eigenvalue weighted by atomic mass is 16.5. The Bertz CT molecular complexity index is 173. The lowest BCUT2D eigenvalue weighted by Gasteiger charge is -2.09. The predicted octanol–water partition coefficient (Wildman–Crippen LogP) is 0.0961. The average Bonchev–Trinajstić information content (AvgIpc) is 1.86. The zero-order chi connectivity index (χ0) is 8.85. The minimum absolute atomic E-state index is 0.0606. The molecule has 4 nitrogen and oxygen atoms in total. The van der Waals surface area contributed by atoms with Gasteiger partial charge in [0.25, 0.3) is 0 Å². The molecular formula is C7H10O4. The van der Waals surface area contributed by atoms with Crippen LogP contribution in [0.2, 0.25) is 0 Å². The molecule has 0 amide bonds. The maximum atomic E-state index is 10.6.